The molecular weight excluding hydrogens is 618 g/mol. The molecular formula is C33H61NO13. The lowest BCUT2D eigenvalue weighted by Crippen LogP contribution is -2.65. The van der Waals surface area contributed by atoms with E-state index in [4.69, 9.17) is 18.9 Å². The molecule has 12 atom stereocenters. The smallest absolute Gasteiger partial charge is 0.220 e. The van der Waals surface area contributed by atoms with Gasteiger partial charge in [0.2, 0.25) is 5.91 Å². The second kappa shape index (κ2) is 23.2. The van der Waals surface area contributed by atoms with Gasteiger partial charge in [0, 0.05) is 6.42 Å². The number of ether oxygens (including phenoxy) is 4. The topological polar surface area (TPSA) is 228 Å². The predicted molar refractivity (Wildman–Crippen MR) is 171 cm³/mol. The van der Waals surface area contributed by atoms with E-state index in [0.717, 1.165) is 19.3 Å². The molecule has 0 spiro atoms. The molecule has 0 aromatic rings. The van der Waals surface area contributed by atoms with Crippen LogP contribution in [-0.2, 0) is 23.7 Å². The normalized spacial score (nSPS) is 32.8. The van der Waals surface area contributed by atoms with Crippen molar-refractivity contribution in [3.63, 3.8) is 0 Å². The largest absolute Gasteiger partial charge is 0.394 e. The highest BCUT2D eigenvalue weighted by molar-refractivity contribution is 5.76. The minimum absolute atomic E-state index is 0.233. The highest BCUT2D eigenvalue weighted by Crippen LogP contribution is 2.29. The number of allylic oxidation sites excluding steroid dienone is 1. The number of hydrogen-bond donors (Lipinski definition) is 9. The zero-order valence-electron chi connectivity index (χ0n) is 28.0. The first kappa shape index (κ1) is 41.9. The fourth-order valence-electron chi connectivity index (χ4n) is 5.74. The van der Waals surface area contributed by atoms with Gasteiger partial charge in [-0.2, -0.15) is 0 Å². The van der Waals surface area contributed by atoms with Crippen LogP contribution in [0.15, 0.2) is 12.2 Å². The maximum absolute atomic E-state index is 12.4. The molecule has 1 amide bonds. The van der Waals surface area contributed by atoms with E-state index in [2.05, 4.69) is 12.2 Å². The Morgan fingerprint density at radius 2 is 1.32 bits per heavy atom. The molecule has 2 rings (SSSR count). The van der Waals surface area contributed by atoms with Crippen molar-refractivity contribution in [2.24, 2.45) is 0 Å². The van der Waals surface area contributed by atoms with Crippen LogP contribution in [0.3, 0.4) is 0 Å². The summed E-state index contributed by atoms with van der Waals surface area (Å²) in [6.45, 7) is 2.34. The van der Waals surface area contributed by atoms with Crippen molar-refractivity contribution in [1.29, 1.82) is 0 Å². The summed E-state index contributed by atoms with van der Waals surface area (Å²) in [6.07, 6.45) is 0.364. The third-order valence-corrected chi connectivity index (χ3v) is 8.69. The predicted octanol–water partition coefficient (Wildman–Crippen LogP) is 0.140. The Labute approximate surface area is 278 Å². The van der Waals surface area contributed by atoms with Crippen molar-refractivity contribution < 1.29 is 64.6 Å². The molecule has 0 aromatic carbocycles. The fourth-order valence-corrected chi connectivity index (χ4v) is 5.74. The lowest BCUT2D eigenvalue weighted by atomic mass is 9.97. The van der Waals surface area contributed by atoms with Gasteiger partial charge in [0.25, 0.3) is 0 Å². The summed E-state index contributed by atoms with van der Waals surface area (Å²) in [5.41, 5.74) is 0. The lowest BCUT2D eigenvalue weighted by Gasteiger charge is -2.46. The van der Waals surface area contributed by atoms with E-state index in [9.17, 15) is 45.6 Å². The van der Waals surface area contributed by atoms with Gasteiger partial charge in [-0.05, 0) is 19.3 Å². The van der Waals surface area contributed by atoms with Gasteiger partial charge in [-0.15, -0.1) is 0 Å². The van der Waals surface area contributed by atoms with E-state index in [0.29, 0.717) is 6.42 Å². The van der Waals surface area contributed by atoms with Crippen LogP contribution in [0.5, 0.6) is 0 Å². The quantitative estimate of drug-likeness (QED) is 0.0518. The Hall–Kier alpha value is -1.27. The number of hydrogen-bond acceptors (Lipinski definition) is 13. The van der Waals surface area contributed by atoms with Crippen LogP contribution in [0.2, 0.25) is 0 Å². The van der Waals surface area contributed by atoms with E-state index in [1.54, 1.807) is 6.08 Å². The van der Waals surface area contributed by atoms with Crippen LogP contribution >= 0.6 is 0 Å². The van der Waals surface area contributed by atoms with Crippen molar-refractivity contribution in [3.05, 3.63) is 12.2 Å². The second-order valence-corrected chi connectivity index (χ2v) is 12.7. The number of nitrogens with one attached hydrogen (secondary N) is 1. The van der Waals surface area contributed by atoms with Gasteiger partial charge in [-0.25, -0.2) is 0 Å². The Balaban J connectivity index is 1.91. The van der Waals surface area contributed by atoms with Crippen LogP contribution in [0, 0.1) is 0 Å². The molecule has 0 radical (unpaired) electrons. The van der Waals surface area contributed by atoms with Gasteiger partial charge in [0.1, 0.15) is 48.8 Å². The van der Waals surface area contributed by atoms with Crippen LogP contribution in [0.25, 0.3) is 0 Å². The number of aliphatic hydroxyl groups is 8. The number of amides is 1. The SMILES string of the molecule is CCCCCCCCCCCC/C=C/C(O)C(COC1OC(CO)C(OC2OC(CO)C(O)C(O)C2O)C(O)C1O)NC(=O)CCC. The molecule has 2 fully saturated rings. The van der Waals surface area contributed by atoms with Crippen LogP contribution in [-0.4, -0.2) is 140 Å². The van der Waals surface area contributed by atoms with Crippen molar-refractivity contribution in [2.75, 3.05) is 19.8 Å². The number of aliphatic hydroxyl groups excluding tert-OH is 8. The molecule has 276 valence electrons. The highest BCUT2D eigenvalue weighted by atomic mass is 16.7. The molecule has 12 unspecified atom stereocenters. The van der Waals surface area contributed by atoms with Gasteiger partial charge in [0.15, 0.2) is 12.6 Å². The molecule has 47 heavy (non-hydrogen) atoms. The summed E-state index contributed by atoms with van der Waals surface area (Å²) in [4.78, 5) is 12.4. The standard InChI is InChI=1S/C33H61NO13/c1-3-5-6-7-8-9-10-11-12-13-14-15-17-22(37)21(34-25(38)16-4-2)20-44-32-30(43)28(41)31(24(19-36)46-32)47-33-29(42)27(40)26(39)23(18-35)45-33/h15,17,21-24,26-33,35-37,39-43H,3-14,16,18-20H2,1-2H3,(H,34,38)/b17-15+. The van der Waals surface area contributed by atoms with Gasteiger partial charge in [-0.1, -0.05) is 83.8 Å². The fraction of sp³-hybridized carbons (Fsp3) is 0.909. The average Bonchev–Trinajstić information content (AvgIpc) is 3.06. The van der Waals surface area contributed by atoms with Gasteiger partial charge in [0.05, 0.1) is 32.0 Å². The first-order valence-corrected chi connectivity index (χ1v) is 17.4. The molecule has 0 saturated carbocycles. The average molecular weight is 680 g/mol. The zero-order valence-corrected chi connectivity index (χ0v) is 28.0. The van der Waals surface area contributed by atoms with Crippen molar-refractivity contribution in [3.8, 4) is 0 Å². The summed E-state index contributed by atoms with van der Waals surface area (Å²) < 4.78 is 22.2. The van der Waals surface area contributed by atoms with E-state index in [1.165, 1.54) is 51.4 Å². The number of carbonyl (C=O) groups excluding carboxylic acids is 1. The molecule has 0 aromatic heterocycles. The second-order valence-electron chi connectivity index (χ2n) is 12.7. The van der Waals surface area contributed by atoms with Crippen molar-refractivity contribution in [2.45, 2.75) is 171 Å². The minimum Gasteiger partial charge on any atom is -0.394 e. The van der Waals surface area contributed by atoms with Crippen LogP contribution in [0.1, 0.15) is 97.3 Å². The minimum atomic E-state index is -1.78. The number of carbonyl (C=O) groups is 1. The molecule has 14 nitrogen and oxygen atoms in total. The molecule has 2 aliphatic heterocycles. The van der Waals surface area contributed by atoms with Crippen LogP contribution in [0.4, 0.5) is 0 Å². The molecule has 0 bridgehead atoms. The first-order valence-electron chi connectivity index (χ1n) is 17.4. The Morgan fingerprint density at radius 3 is 1.91 bits per heavy atom. The summed E-state index contributed by atoms with van der Waals surface area (Å²) in [5, 5.41) is 85.0. The van der Waals surface area contributed by atoms with Crippen molar-refractivity contribution >= 4 is 5.91 Å². The summed E-state index contributed by atoms with van der Waals surface area (Å²) >= 11 is 0. The van der Waals surface area contributed by atoms with Crippen molar-refractivity contribution in [1.82, 2.24) is 5.32 Å². The van der Waals surface area contributed by atoms with Gasteiger partial charge in [-0.3, -0.25) is 4.79 Å². The number of unbranched alkanes of at least 4 members (excludes halogenated alkanes) is 10. The van der Waals surface area contributed by atoms with E-state index in [1.807, 2.05) is 13.0 Å². The summed E-state index contributed by atoms with van der Waals surface area (Å²) in [6, 6.07) is -0.901. The maximum Gasteiger partial charge on any atom is 0.220 e. The summed E-state index contributed by atoms with van der Waals surface area (Å²) in [5.74, 6) is -0.297. The third-order valence-electron chi connectivity index (χ3n) is 8.69. The Bertz CT molecular complexity index is 862. The van der Waals surface area contributed by atoms with E-state index >= 15 is 0 Å². The third kappa shape index (κ3) is 13.9. The van der Waals surface area contributed by atoms with Crippen LogP contribution < -0.4 is 5.32 Å². The lowest BCUT2D eigenvalue weighted by molar-refractivity contribution is -0.359. The first-order chi connectivity index (χ1) is 22.6. The number of rotatable bonds is 23. The molecule has 2 saturated heterocycles. The monoisotopic (exact) mass is 679 g/mol. The zero-order chi connectivity index (χ0) is 34.8. The Morgan fingerprint density at radius 1 is 0.745 bits per heavy atom. The Kier molecular flexibility index (Phi) is 20.7. The maximum atomic E-state index is 12.4. The molecule has 2 heterocycles. The van der Waals surface area contributed by atoms with E-state index in [-0.39, 0.29) is 18.9 Å². The molecule has 9 N–H and O–H groups in total. The molecule has 14 heteroatoms. The van der Waals surface area contributed by atoms with Gasteiger partial charge < -0.3 is 65.1 Å². The molecule has 2 aliphatic rings. The van der Waals surface area contributed by atoms with E-state index < -0.39 is 86.8 Å². The van der Waals surface area contributed by atoms with Gasteiger partial charge >= 0.3 is 0 Å². The molecule has 0 aliphatic carbocycles. The summed E-state index contributed by atoms with van der Waals surface area (Å²) in [7, 11) is 0. The highest BCUT2D eigenvalue weighted by Gasteiger charge is 2.50.